The summed E-state index contributed by atoms with van der Waals surface area (Å²) >= 11 is 0. The van der Waals surface area contributed by atoms with Crippen LogP contribution in [0.4, 0.5) is 0 Å². The van der Waals surface area contributed by atoms with E-state index >= 15 is 0 Å². The molecule has 0 saturated carbocycles. The van der Waals surface area contributed by atoms with Gasteiger partial charge in [0.05, 0.1) is 25.4 Å². The highest BCUT2D eigenvalue weighted by atomic mass is 31.2. The fraction of sp³-hybridized carbons (Fsp3) is 0.829. The van der Waals surface area contributed by atoms with Gasteiger partial charge in [-0.25, -0.2) is 4.57 Å². The van der Waals surface area contributed by atoms with E-state index in [4.69, 9.17) is 14.8 Å². The molecule has 0 aliphatic carbocycles. The summed E-state index contributed by atoms with van der Waals surface area (Å²) in [4.78, 5) is 22.6. The van der Waals surface area contributed by atoms with Crippen LogP contribution in [0.15, 0.2) is 36.5 Å². The minimum Gasteiger partial charge on any atom is -0.387 e. The highest BCUT2D eigenvalue weighted by Crippen LogP contribution is 2.43. The molecule has 0 saturated heterocycles. The number of allylic oxidation sites excluding steroid dienone is 5. The second-order valence-corrected chi connectivity index (χ2v) is 15.3. The highest BCUT2D eigenvalue weighted by molar-refractivity contribution is 7.47. The zero-order chi connectivity index (χ0) is 36.8. The number of hydrogen-bond donors (Lipinski definition) is 4. The average molecular weight is 727 g/mol. The van der Waals surface area contributed by atoms with Gasteiger partial charge < -0.3 is 21.1 Å². The van der Waals surface area contributed by atoms with Crippen molar-refractivity contribution in [1.82, 2.24) is 5.32 Å². The quantitative estimate of drug-likeness (QED) is 0.0283. The molecule has 294 valence electrons. The van der Waals surface area contributed by atoms with Crippen LogP contribution in [0.3, 0.4) is 0 Å². The van der Waals surface area contributed by atoms with Crippen molar-refractivity contribution in [2.24, 2.45) is 5.73 Å². The molecular weight excluding hydrogens is 647 g/mol. The fourth-order valence-corrected chi connectivity index (χ4v) is 6.55. The molecule has 0 bridgehead atoms. The Morgan fingerprint density at radius 2 is 1.06 bits per heavy atom. The molecular formula is C41H79N2O6P. The first-order valence-electron chi connectivity index (χ1n) is 20.6. The molecule has 0 aliphatic heterocycles. The van der Waals surface area contributed by atoms with Crippen molar-refractivity contribution in [2.75, 3.05) is 19.8 Å². The molecule has 3 atom stereocenters. The van der Waals surface area contributed by atoms with E-state index in [0.717, 1.165) is 38.5 Å². The van der Waals surface area contributed by atoms with Gasteiger partial charge >= 0.3 is 7.82 Å². The van der Waals surface area contributed by atoms with E-state index in [1.54, 1.807) is 6.08 Å². The molecule has 3 unspecified atom stereocenters. The van der Waals surface area contributed by atoms with E-state index in [-0.39, 0.29) is 25.7 Å². The summed E-state index contributed by atoms with van der Waals surface area (Å²) < 4.78 is 22.0. The predicted octanol–water partition coefficient (Wildman–Crippen LogP) is 11.2. The van der Waals surface area contributed by atoms with Gasteiger partial charge in [-0.3, -0.25) is 13.8 Å². The predicted molar refractivity (Wildman–Crippen MR) is 212 cm³/mol. The lowest BCUT2D eigenvalue weighted by atomic mass is 10.0. The monoisotopic (exact) mass is 727 g/mol. The van der Waals surface area contributed by atoms with Crippen molar-refractivity contribution in [3.05, 3.63) is 36.5 Å². The van der Waals surface area contributed by atoms with E-state index in [1.807, 2.05) is 6.08 Å². The van der Waals surface area contributed by atoms with Crippen LogP contribution >= 0.6 is 7.82 Å². The van der Waals surface area contributed by atoms with Crippen LogP contribution in [0.5, 0.6) is 0 Å². The van der Waals surface area contributed by atoms with E-state index in [2.05, 4.69) is 43.5 Å². The molecule has 0 rings (SSSR count). The summed E-state index contributed by atoms with van der Waals surface area (Å²) in [7, 11) is -4.34. The number of nitrogens with one attached hydrogen (secondary N) is 1. The molecule has 1 amide bonds. The maximum absolute atomic E-state index is 12.7. The van der Waals surface area contributed by atoms with E-state index < -0.39 is 20.0 Å². The first kappa shape index (κ1) is 48.7. The number of phosphoric ester groups is 1. The van der Waals surface area contributed by atoms with Crippen molar-refractivity contribution >= 4 is 13.7 Å². The molecule has 0 aliphatic rings. The van der Waals surface area contributed by atoms with Gasteiger partial charge in [0.2, 0.25) is 5.91 Å². The normalized spacial score (nSPS) is 14.6. The van der Waals surface area contributed by atoms with Crippen molar-refractivity contribution in [2.45, 2.75) is 199 Å². The molecule has 8 nitrogen and oxygen atoms in total. The van der Waals surface area contributed by atoms with Crippen LogP contribution in [-0.2, 0) is 18.4 Å². The van der Waals surface area contributed by atoms with E-state index in [1.165, 1.54) is 128 Å². The summed E-state index contributed by atoms with van der Waals surface area (Å²) in [5.41, 5.74) is 5.36. The van der Waals surface area contributed by atoms with Crippen molar-refractivity contribution < 1.29 is 28.4 Å². The van der Waals surface area contributed by atoms with Crippen molar-refractivity contribution in [3.63, 3.8) is 0 Å². The molecule has 0 aromatic carbocycles. The van der Waals surface area contributed by atoms with Crippen LogP contribution in [0.25, 0.3) is 0 Å². The molecule has 0 fully saturated rings. The van der Waals surface area contributed by atoms with Crippen LogP contribution in [0.2, 0.25) is 0 Å². The summed E-state index contributed by atoms with van der Waals surface area (Å²) in [6.07, 6.45) is 43.4. The third-order valence-corrected chi connectivity index (χ3v) is 9.92. The number of aliphatic hydroxyl groups excluding tert-OH is 1. The average Bonchev–Trinajstić information content (AvgIpc) is 3.10. The number of carbonyl (C=O) groups excluding carboxylic acids is 1. The van der Waals surface area contributed by atoms with Gasteiger partial charge in [-0.15, -0.1) is 0 Å². The molecule has 0 aromatic rings. The topological polar surface area (TPSA) is 131 Å². The largest absolute Gasteiger partial charge is 0.472 e. The number of amides is 1. The lowest BCUT2D eigenvalue weighted by Gasteiger charge is -2.23. The Bertz CT molecular complexity index is 881. The Hall–Kier alpha value is -1.28. The Labute approximate surface area is 308 Å². The summed E-state index contributed by atoms with van der Waals surface area (Å²) in [5, 5.41) is 13.6. The number of aliphatic hydroxyl groups is 1. The van der Waals surface area contributed by atoms with Crippen LogP contribution in [-0.4, -0.2) is 47.8 Å². The van der Waals surface area contributed by atoms with Crippen LogP contribution in [0.1, 0.15) is 187 Å². The minimum absolute atomic E-state index is 0.0735. The number of rotatable bonds is 38. The van der Waals surface area contributed by atoms with Crippen LogP contribution in [0, 0.1) is 0 Å². The second kappa shape index (κ2) is 37.5. The minimum atomic E-state index is -4.34. The number of hydrogen-bond acceptors (Lipinski definition) is 6. The zero-order valence-corrected chi connectivity index (χ0v) is 33.3. The highest BCUT2D eigenvalue weighted by Gasteiger charge is 2.26. The smallest absolute Gasteiger partial charge is 0.387 e. The number of nitrogens with two attached hydrogens (primary N) is 1. The third kappa shape index (κ3) is 35.1. The Morgan fingerprint density at radius 3 is 1.54 bits per heavy atom. The molecule has 0 heterocycles. The molecule has 9 heteroatoms. The van der Waals surface area contributed by atoms with E-state index in [0.29, 0.717) is 6.42 Å². The molecule has 0 radical (unpaired) electrons. The SMILES string of the molecule is CCCCCCCC/C=C\CCCCCCCCCCCC(=O)NC(COP(=O)(O)OCCN)C(O)/C=C/CC/C=C/CCCCCCCC. The zero-order valence-electron chi connectivity index (χ0n) is 32.4. The first-order valence-corrected chi connectivity index (χ1v) is 22.1. The van der Waals surface area contributed by atoms with Gasteiger partial charge in [0.15, 0.2) is 0 Å². The van der Waals surface area contributed by atoms with E-state index in [9.17, 15) is 19.4 Å². The Morgan fingerprint density at radius 1 is 0.640 bits per heavy atom. The standard InChI is InChI=1S/C41H79N2O6P/c1-3-5-7-9-11-13-15-17-18-19-20-21-22-23-25-27-29-31-33-35-41(45)43-39(38-49-50(46,47)48-37-36-42)40(44)34-32-30-28-26-24-16-14-12-10-8-6-4-2/h17-18,24,26,32,34,39-40,44H,3-16,19-23,25,27-31,33,35-38,42H2,1-2H3,(H,43,45)(H,46,47)/b18-17-,26-24+,34-32+. The fourth-order valence-electron chi connectivity index (χ4n) is 5.79. The number of phosphoric acid groups is 1. The molecule has 50 heavy (non-hydrogen) atoms. The van der Waals surface area contributed by atoms with Gasteiger partial charge in [0.25, 0.3) is 0 Å². The summed E-state index contributed by atoms with van der Waals surface area (Å²) in [6.45, 7) is 4.08. The Balaban J connectivity index is 4.23. The van der Waals surface area contributed by atoms with Crippen LogP contribution < -0.4 is 11.1 Å². The van der Waals surface area contributed by atoms with Gasteiger partial charge in [-0.2, -0.15) is 0 Å². The maximum atomic E-state index is 12.7. The third-order valence-electron chi connectivity index (χ3n) is 8.94. The molecule has 0 aromatic heterocycles. The van der Waals surface area contributed by atoms with Crippen molar-refractivity contribution in [1.29, 1.82) is 0 Å². The van der Waals surface area contributed by atoms with Gasteiger partial charge in [0, 0.05) is 13.0 Å². The molecule has 5 N–H and O–H groups in total. The Kier molecular flexibility index (Phi) is 36.5. The number of carbonyl (C=O) groups is 1. The summed E-state index contributed by atoms with van der Waals surface area (Å²) in [6, 6.07) is -0.875. The van der Waals surface area contributed by atoms with Gasteiger partial charge in [0.1, 0.15) is 0 Å². The van der Waals surface area contributed by atoms with Gasteiger partial charge in [-0.05, 0) is 57.8 Å². The lowest BCUT2D eigenvalue weighted by Crippen LogP contribution is -2.45. The first-order chi connectivity index (χ1) is 24.4. The second-order valence-electron chi connectivity index (χ2n) is 13.8. The van der Waals surface area contributed by atoms with Gasteiger partial charge in [-0.1, -0.05) is 159 Å². The summed E-state index contributed by atoms with van der Waals surface area (Å²) in [5.74, 6) is -0.208. The van der Waals surface area contributed by atoms with Crippen molar-refractivity contribution in [3.8, 4) is 0 Å². The molecule has 0 spiro atoms. The number of unbranched alkanes of at least 4 members (excludes halogenated alkanes) is 22. The lowest BCUT2D eigenvalue weighted by molar-refractivity contribution is -0.123. The maximum Gasteiger partial charge on any atom is 0.472 e.